The van der Waals surface area contributed by atoms with Gasteiger partial charge in [0.1, 0.15) is 0 Å². The van der Waals surface area contributed by atoms with E-state index in [0.717, 1.165) is 12.0 Å². The monoisotopic (exact) mass is 154 g/mol. The van der Waals surface area contributed by atoms with Gasteiger partial charge in [-0.25, -0.2) is 0 Å². The Morgan fingerprint density at radius 3 is 2.00 bits per heavy atom. The minimum absolute atomic E-state index is 0.282. The maximum Gasteiger partial charge on any atom is 0.0499 e. The SMILES string of the molecule is [SiH3]C1CC(Cl)C1Cl. The molecule has 1 aliphatic carbocycles. The predicted molar refractivity (Wildman–Crippen MR) is 37.6 cm³/mol. The van der Waals surface area contributed by atoms with E-state index in [1.165, 1.54) is 10.2 Å². The molecule has 0 N–H and O–H groups in total. The van der Waals surface area contributed by atoms with Crippen LogP contribution in [0.5, 0.6) is 0 Å². The van der Waals surface area contributed by atoms with Crippen molar-refractivity contribution >= 4 is 33.4 Å². The quantitative estimate of drug-likeness (QED) is 0.358. The van der Waals surface area contributed by atoms with Gasteiger partial charge in [0.25, 0.3) is 0 Å². The van der Waals surface area contributed by atoms with Crippen molar-refractivity contribution in [3.63, 3.8) is 0 Å². The third kappa shape index (κ3) is 0.955. The van der Waals surface area contributed by atoms with Crippen LogP contribution in [0.2, 0.25) is 5.54 Å². The highest BCUT2D eigenvalue weighted by atomic mass is 35.5. The molecule has 0 aromatic heterocycles. The lowest BCUT2D eigenvalue weighted by Gasteiger charge is -2.33. The normalized spacial score (nSPS) is 51.4. The Kier molecular flexibility index (Phi) is 1.66. The topological polar surface area (TPSA) is 0 Å². The lowest BCUT2D eigenvalue weighted by atomic mass is 9.98. The number of rotatable bonds is 0. The maximum absolute atomic E-state index is 5.75. The summed E-state index contributed by atoms with van der Waals surface area (Å²) in [7, 11) is 1.21. The van der Waals surface area contributed by atoms with E-state index in [9.17, 15) is 0 Å². The lowest BCUT2D eigenvalue weighted by Crippen LogP contribution is -2.34. The average molecular weight is 155 g/mol. The zero-order valence-electron chi connectivity index (χ0n) is 4.20. The number of halogens is 2. The van der Waals surface area contributed by atoms with Gasteiger partial charge in [-0.2, -0.15) is 0 Å². The molecular weight excluding hydrogens is 147 g/mol. The van der Waals surface area contributed by atoms with Crippen LogP contribution in [0.4, 0.5) is 0 Å². The minimum Gasteiger partial charge on any atom is -0.121 e. The van der Waals surface area contributed by atoms with Crippen LogP contribution in [0.15, 0.2) is 0 Å². The highest BCUT2D eigenvalue weighted by molar-refractivity contribution is 6.35. The van der Waals surface area contributed by atoms with Crippen molar-refractivity contribution in [2.24, 2.45) is 0 Å². The van der Waals surface area contributed by atoms with E-state index in [4.69, 9.17) is 23.2 Å². The summed E-state index contributed by atoms with van der Waals surface area (Å²) in [6.07, 6.45) is 1.15. The molecule has 0 nitrogen and oxygen atoms in total. The van der Waals surface area contributed by atoms with Gasteiger partial charge in [0.05, 0.1) is 0 Å². The number of alkyl halides is 2. The summed E-state index contributed by atoms with van der Waals surface area (Å²) >= 11 is 11.4. The second kappa shape index (κ2) is 1.96. The molecule has 1 aliphatic rings. The largest absolute Gasteiger partial charge is 0.121 e. The first kappa shape index (κ1) is 5.93. The molecule has 0 aromatic rings. The average Bonchev–Trinajstić information content (AvgIpc) is 1.68. The molecule has 3 heteroatoms. The molecule has 0 radical (unpaired) electrons. The Balaban J connectivity index is 2.29. The zero-order chi connectivity index (χ0) is 5.44. The van der Waals surface area contributed by atoms with Crippen LogP contribution in [0.1, 0.15) is 6.42 Å². The van der Waals surface area contributed by atoms with Crippen molar-refractivity contribution in [3.8, 4) is 0 Å². The van der Waals surface area contributed by atoms with Crippen molar-refractivity contribution in [2.45, 2.75) is 22.7 Å². The molecule has 1 fully saturated rings. The lowest BCUT2D eigenvalue weighted by molar-refractivity contribution is 0.524. The molecule has 0 bridgehead atoms. The van der Waals surface area contributed by atoms with Gasteiger partial charge in [-0.15, -0.1) is 23.2 Å². The van der Waals surface area contributed by atoms with E-state index >= 15 is 0 Å². The molecule has 0 amide bonds. The van der Waals surface area contributed by atoms with E-state index in [0.29, 0.717) is 5.38 Å². The van der Waals surface area contributed by atoms with E-state index in [-0.39, 0.29) is 5.38 Å². The molecule has 3 unspecified atom stereocenters. The highest BCUT2D eigenvalue weighted by Crippen LogP contribution is 2.38. The Hall–Kier alpha value is 0.797. The number of hydrogen-bond acceptors (Lipinski definition) is 0. The van der Waals surface area contributed by atoms with Crippen molar-refractivity contribution in [3.05, 3.63) is 0 Å². The van der Waals surface area contributed by atoms with Crippen LogP contribution in [0.3, 0.4) is 0 Å². The van der Waals surface area contributed by atoms with Crippen molar-refractivity contribution < 1.29 is 0 Å². The standard InChI is InChI=1S/C4H8Cl2Si/c5-2-1-3(7)4(2)6/h2-4H,1H2,7H3. The Morgan fingerprint density at radius 1 is 1.43 bits per heavy atom. The highest BCUT2D eigenvalue weighted by Gasteiger charge is 2.34. The van der Waals surface area contributed by atoms with E-state index < -0.39 is 0 Å². The summed E-state index contributed by atoms with van der Waals surface area (Å²) in [5.74, 6) is 0. The Morgan fingerprint density at radius 2 is 2.00 bits per heavy atom. The van der Waals surface area contributed by atoms with Gasteiger partial charge in [-0.1, -0.05) is 0 Å². The Bertz CT molecular complexity index is 68.1. The van der Waals surface area contributed by atoms with Gasteiger partial charge in [0.15, 0.2) is 0 Å². The van der Waals surface area contributed by atoms with Crippen LogP contribution < -0.4 is 0 Å². The van der Waals surface area contributed by atoms with Gasteiger partial charge in [0, 0.05) is 21.0 Å². The summed E-state index contributed by atoms with van der Waals surface area (Å²) in [5, 5.41) is 0.581. The van der Waals surface area contributed by atoms with Gasteiger partial charge < -0.3 is 0 Å². The fourth-order valence-corrected chi connectivity index (χ4v) is 3.03. The molecule has 0 heterocycles. The van der Waals surface area contributed by atoms with Crippen molar-refractivity contribution in [1.29, 1.82) is 0 Å². The van der Waals surface area contributed by atoms with Crippen LogP contribution in [0.25, 0.3) is 0 Å². The van der Waals surface area contributed by atoms with Gasteiger partial charge >= 0.3 is 0 Å². The molecule has 0 aromatic carbocycles. The maximum atomic E-state index is 5.75. The van der Waals surface area contributed by atoms with Gasteiger partial charge in [-0.05, 0) is 12.0 Å². The van der Waals surface area contributed by atoms with E-state index in [1.54, 1.807) is 0 Å². The Labute approximate surface area is 56.6 Å². The smallest absolute Gasteiger partial charge is 0.0499 e. The van der Waals surface area contributed by atoms with Crippen LogP contribution in [-0.4, -0.2) is 21.0 Å². The van der Waals surface area contributed by atoms with Crippen LogP contribution in [-0.2, 0) is 0 Å². The second-order valence-corrected chi connectivity index (χ2v) is 4.72. The summed E-state index contributed by atoms with van der Waals surface area (Å²) in [6, 6.07) is 0. The van der Waals surface area contributed by atoms with E-state index in [1.807, 2.05) is 0 Å². The first-order valence-corrected chi connectivity index (χ1v) is 4.52. The molecule has 0 spiro atoms. The molecule has 42 valence electrons. The summed E-state index contributed by atoms with van der Waals surface area (Å²) in [5.41, 5.74) is 0.782. The zero-order valence-corrected chi connectivity index (χ0v) is 7.71. The second-order valence-electron chi connectivity index (χ2n) is 2.17. The summed E-state index contributed by atoms with van der Waals surface area (Å²) in [6.45, 7) is 0. The third-order valence-corrected chi connectivity index (χ3v) is 4.41. The first-order valence-electron chi connectivity index (χ1n) is 2.50. The first-order chi connectivity index (χ1) is 3.22. The fourth-order valence-electron chi connectivity index (χ4n) is 0.776. The van der Waals surface area contributed by atoms with Gasteiger partial charge in [0.2, 0.25) is 0 Å². The summed E-state index contributed by atoms with van der Waals surface area (Å²) in [4.78, 5) is 0. The molecule has 7 heavy (non-hydrogen) atoms. The molecular formula is C4H8Cl2Si. The predicted octanol–water partition coefficient (Wildman–Crippen LogP) is 0.759. The molecule has 3 atom stereocenters. The van der Waals surface area contributed by atoms with Crippen LogP contribution in [0, 0.1) is 0 Å². The molecule has 1 rings (SSSR count). The molecule has 1 saturated carbocycles. The fraction of sp³-hybridized carbons (Fsp3) is 1.00. The van der Waals surface area contributed by atoms with E-state index in [2.05, 4.69) is 0 Å². The van der Waals surface area contributed by atoms with Crippen molar-refractivity contribution in [1.82, 2.24) is 0 Å². The minimum atomic E-state index is 0.282. The number of hydrogen-bond donors (Lipinski definition) is 0. The van der Waals surface area contributed by atoms with Crippen molar-refractivity contribution in [2.75, 3.05) is 0 Å². The van der Waals surface area contributed by atoms with Gasteiger partial charge in [-0.3, -0.25) is 0 Å². The summed E-state index contributed by atoms with van der Waals surface area (Å²) < 4.78 is 0. The third-order valence-electron chi connectivity index (χ3n) is 1.49. The molecule has 0 aliphatic heterocycles. The van der Waals surface area contributed by atoms with Crippen LogP contribution >= 0.6 is 23.2 Å². The molecule has 0 saturated heterocycles.